The molecule has 1 aliphatic heterocycles. The van der Waals surface area contributed by atoms with Crippen molar-refractivity contribution in [3.8, 4) is 0 Å². The standard InChI is InChI=1S/C13H14F2N4O3S/c14-9-2-1-3-10(15)8(9)6-23(20,21)19-11-4-5-22-12(11)13-16-7-17-18-13/h1-3,7,11-12,19H,4-6H2,(H,16,17,18)/t11-,12+/m0/s1. The van der Waals surface area contributed by atoms with E-state index in [1.165, 1.54) is 12.4 Å². The van der Waals surface area contributed by atoms with Gasteiger partial charge in [-0.25, -0.2) is 26.9 Å². The molecule has 0 amide bonds. The molecular weight excluding hydrogens is 330 g/mol. The van der Waals surface area contributed by atoms with Crippen molar-refractivity contribution in [1.29, 1.82) is 0 Å². The third-order valence-electron chi connectivity index (χ3n) is 3.52. The maximum Gasteiger partial charge on any atom is 0.216 e. The molecule has 0 spiro atoms. The van der Waals surface area contributed by atoms with Gasteiger partial charge < -0.3 is 4.74 Å². The van der Waals surface area contributed by atoms with Crippen LogP contribution in [0, 0.1) is 11.6 Å². The minimum atomic E-state index is -3.96. The SMILES string of the molecule is O=S(=O)(Cc1c(F)cccc1F)N[C@H]1CCO[C@H]1c1ncn[nH]1. The highest BCUT2D eigenvalue weighted by atomic mass is 32.2. The number of sulfonamides is 1. The Bertz CT molecular complexity index is 762. The highest BCUT2D eigenvalue weighted by molar-refractivity contribution is 7.88. The molecule has 7 nitrogen and oxygen atoms in total. The Morgan fingerprint density at radius 3 is 2.74 bits per heavy atom. The number of nitrogens with one attached hydrogen (secondary N) is 2. The summed E-state index contributed by atoms with van der Waals surface area (Å²) in [6.07, 6.45) is 1.10. The maximum absolute atomic E-state index is 13.6. The van der Waals surface area contributed by atoms with E-state index in [0.717, 1.165) is 12.1 Å². The molecular formula is C13H14F2N4O3S. The molecule has 0 bridgehead atoms. The van der Waals surface area contributed by atoms with Gasteiger partial charge in [-0.05, 0) is 18.6 Å². The van der Waals surface area contributed by atoms with Crippen LogP contribution < -0.4 is 4.72 Å². The van der Waals surface area contributed by atoms with Crippen LogP contribution in [0.3, 0.4) is 0 Å². The quantitative estimate of drug-likeness (QED) is 0.844. The van der Waals surface area contributed by atoms with Crippen LogP contribution in [0.5, 0.6) is 0 Å². The Balaban J connectivity index is 1.76. The molecule has 0 aliphatic carbocycles. The summed E-state index contributed by atoms with van der Waals surface area (Å²) in [4.78, 5) is 3.94. The van der Waals surface area contributed by atoms with E-state index in [9.17, 15) is 17.2 Å². The van der Waals surface area contributed by atoms with Crippen molar-refractivity contribution in [3.63, 3.8) is 0 Å². The van der Waals surface area contributed by atoms with Gasteiger partial charge in [-0.3, -0.25) is 5.10 Å². The van der Waals surface area contributed by atoms with E-state index in [1.54, 1.807) is 0 Å². The van der Waals surface area contributed by atoms with Gasteiger partial charge in [0.2, 0.25) is 10.0 Å². The highest BCUT2D eigenvalue weighted by Gasteiger charge is 2.35. The van der Waals surface area contributed by atoms with E-state index in [1.807, 2.05) is 0 Å². The summed E-state index contributed by atoms with van der Waals surface area (Å²) in [6.45, 7) is 0.340. The summed E-state index contributed by atoms with van der Waals surface area (Å²) in [5.74, 6) is -2.19. The van der Waals surface area contributed by atoms with Crippen LogP contribution in [0.25, 0.3) is 0 Å². The number of aromatic nitrogens is 3. The van der Waals surface area contributed by atoms with Crippen LogP contribution >= 0.6 is 0 Å². The van der Waals surface area contributed by atoms with Gasteiger partial charge in [-0.15, -0.1) is 0 Å². The lowest BCUT2D eigenvalue weighted by atomic mass is 10.1. The molecule has 0 unspecified atom stereocenters. The average Bonchev–Trinajstić information content (AvgIpc) is 3.13. The number of hydrogen-bond acceptors (Lipinski definition) is 5. The van der Waals surface area contributed by atoms with Gasteiger partial charge >= 0.3 is 0 Å². The van der Waals surface area contributed by atoms with Crippen molar-refractivity contribution in [2.75, 3.05) is 6.61 Å². The zero-order valence-corrected chi connectivity index (χ0v) is 12.7. The molecule has 3 rings (SSSR count). The molecule has 2 aromatic rings. The summed E-state index contributed by atoms with van der Waals surface area (Å²) >= 11 is 0. The third-order valence-corrected chi connectivity index (χ3v) is 4.85. The average molecular weight is 344 g/mol. The van der Waals surface area contributed by atoms with E-state index in [-0.39, 0.29) is 0 Å². The Labute approximate surface area is 131 Å². The second kappa shape index (κ2) is 6.30. The molecule has 10 heteroatoms. The van der Waals surface area contributed by atoms with Crippen LogP contribution in [0.15, 0.2) is 24.5 Å². The van der Waals surface area contributed by atoms with Gasteiger partial charge in [0, 0.05) is 12.2 Å². The van der Waals surface area contributed by atoms with Gasteiger partial charge in [0.1, 0.15) is 24.1 Å². The first-order valence-corrected chi connectivity index (χ1v) is 8.51. The number of rotatable bonds is 5. The Morgan fingerprint density at radius 1 is 1.35 bits per heavy atom. The first-order chi connectivity index (χ1) is 11.0. The fourth-order valence-electron chi connectivity index (χ4n) is 2.46. The molecule has 1 aromatic carbocycles. The number of halogens is 2. The predicted octanol–water partition coefficient (Wildman–Crippen LogP) is 1.03. The lowest BCUT2D eigenvalue weighted by Gasteiger charge is -2.18. The molecule has 1 fully saturated rings. The Morgan fingerprint density at radius 2 is 2.09 bits per heavy atom. The number of nitrogens with zero attached hydrogens (tertiary/aromatic N) is 2. The van der Waals surface area contributed by atoms with Crippen LogP contribution in [-0.2, 0) is 20.5 Å². The largest absolute Gasteiger partial charge is 0.368 e. The fourth-order valence-corrected chi connectivity index (χ4v) is 3.91. The van der Waals surface area contributed by atoms with Crippen molar-refractivity contribution in [2.45, 2.75) is 24.3 Å². The van der Waals surface area contributed by atoms with Crippen molar-refractivity contribution >= 4 is 10.0 Å². The van der Waals surface area contributed by atoms with Crippen molar-refractivity contribution in [3.05, 3.63) is 47.5 Å². The highest BCUT2D eigenvalue weighted by Crippen LogP contribution is 2.27. The monoisotopic (exact) mass is 344 g/mol. The minimum Gasteiger partial charge on any atom is -0.368 e. The summed E-state index contributed by atoms with van der Waals surface area (Å²) in [5.41, 5.74) is -0.491. The van der Waals surface area contributed by atoms with Crippen LogP contribution in [0.4, 0.5) is 8.78 Å². The first-order valence-electron chi connectivity index (χ1n) is 6.86. The van der Waals surface area contributed by atoms with Crippen LogP contribution in [0.1, 0.15) is 23.9 Å². The normalized spacial score (nSPS) is 21.7. The predicted molar refractivity (Wildman–Crippen MR) is 75.6 cm³/mol. The molecule has 1 aliphatic rings. The maximum atomic E-state index is 13.6. The Hall–Kier alpha value is -1.91. The van der Waals surface area contributed by atoms with Gasteiger partial charge in [0.25, 0.3) is 0 Å². The second-order valence-electron chi connectivity index (χ2n) is 5.13. The molecule has 2 N–H and O–H groups in total. The molecule has 0 saturated carbocycles. The minimum absolute atomic E-state index is 0.340. The number of H-pyrrole nitrogens is 1. The van der Waals surface area contributed by atoms with Gasteiger partial charge in [0.15, 0.2) is 5.82 Å². The van der Waals surface area contributed by atoms with E-state index in [0.29, 0.717) is 18.9 Å². The topological polar surface area (TPSA) is 97.0 Å². The van der Waals surface area contributed by atoms with Crippen molar-refractivity contribution < 1.29 is 21.9 Å². The van der Waals surface area contributed by atoms with Gasteiger partial charge in [-0.1, -0.05) is 6.07 Å². The van der Waals surface area contributed by atoms with E-state index >= 15 is 0 Å². The van der Waals surface area contributed by atoms with E-state index in [4.69, 9.17) is 4.74 Å². The summed E-state index contributed by atoms with van der Waals surface area (Å²) in [7, 11) is -3.96. The molecule has 1 saturated heterocycles. The smallest absolute Gasteiger partial charge is 0.216 e. The number of aromatic amines is 1. The number of hydrogen-bond donors (Lipinski definition) is 2. The van der Waals surface area contributed by atoms with Gasteiger partial charge in [-0.2, -0.15) is 5.10 Å². The molecule has 2 heterocycles. The van der Waals surface area contributed by atoms with Crippen molar-refractivity contribution in [1.82, 2.24) is 19.9 Å². The first kappa shape index (κ1) is 16.0. The van der Waals surface area contributed by atoms with Crippen LogP contribution in [0.2, 0.25) is 0 Å². The fraction of sp³-hybridized carbons (Fsp3) is 0.385. The van der Waals surface area contributed by atoms with E-state index in [2.05, 4.69) is 19.9 Å². The molecule has 124 valence electrons. The summed E-state index contributed by atoms with van der Waals surface area (Å²) < 4.78 is 59.6. The third kappa shape index (κ3) is 3.54. The Kier molecular flexibility index (Phi) is 4.37. The second-order valence-corrected chi connectivity index (χ2v) is 6.89. The van der Waals surface area contributed by atoms with E-state index < -0.39 is 45.1 Å². The molecule has 23 heavy (non-hydrogen) atoms. The lowest BCUT2D eigenvalue weighted by Crippen LogP contribution is -2.38. The summed E-state index contributed by atoms with van der Waals surface area (Å²) in [5, 5.41) is 6.32. The van der Waals surface area contributed by atoms with Crippen LogP contribution in [-0.4, -0.2) is 36.2 Å². The molecule has 1 aromatic heterocycles. The number of benzene rings is 1. The number of ether oxygens (including phenoxy) is 1. The zero-order chi connectivity index (χ0) is 16.4. The van der Waals surface area contributed by atoms with Crippen molar-refractivity contribution in [2.24, 2.45) is 0 Å². The lowest BCUT2D eigenvalue weighted by molar-refractivity contribution is 0.0957. The van der Waals surface area contributed by atoms with Gasteiger partial charge in [0.05, 0.1) is 11.8 Å². The summed E-state index contributed by atoms with van der Waals surface area (Å²) in [6, 6.07) is 2.63. The zero-order valence-electron chi connectivity index (χ0n) is 11.9. The molecule has 0 radical (unpaired) electrons. The molecule has 2 atom stereocenters.